The Kier molecular flexibility index (Phi) is 6.20. The van der Waals surface area contributed by atoms with Gasteiger partial charge in [0.15, 0.2) is 11.6 Å². The maximum absolute atomic E-state index is 14.2. The molecule has 0 radical (unpaired) electrons. The minimum absolute atomic E-state index is 0.179. The van der Waals surface area contributed by atoms with Gasteiger partial charge >= 0.3 is 0 Å². The van der Waals surface area contributed by atoms with Crippen molar-refractivity contribution in [3.8, 4) is 38.0 Å². The molecule has 3 heterocycles. The Morgan fingerprint density at radius 1 is 0.971 bits per heavy atom. The van der Waals surface area contributed by atoms with Crippen molar-refractivity contribution in [1.82, 2.24) is 19.5 Å². The van der Waals surface area contributed by atoms with Crippen molar-refractivity contribution in [3.05, 3.63) is 107 Å². The van der Waals surface area contributed by atoms with Gasteiger partial charge in [0.2, 0.25) is 0 Å². The Morgan fingerprint density at radius 2 is 1.71 bits per heavy atom. The van der Waals surface area contributed by atoms with Crippen molar-refractivity contribution < 1.29 is 9.50 Å². The van der Waals surface area contributed by atoms with Gasteiger partial charge in [0.1, 0.15) is 12.2 Å². The summed E-state index contributed by atoms with van der Waals surface area (Å²) in [5, 5.41) is 10.4. The minimum atomic E-state index is -0.763. The van der Waals surface area contributed by atoms with E-state index in [1.165, 1.54) is 34.4 Å². The van der Waals surface area contributed by atoms with Crippen LogP contribution in [0.2, 0.25) is 0 Å². The van der Waals surface area contributed by atoms with Crippen LogP contribution in [0.15, 0.2) is 84.2 Å². The third-order valence-corrected chi connectivity index (χ3v) is 6.89. The number of para-hydroxylation sites is 1. The van der Waals surface area contributed by atoms with E-state index in [1.54, 1.807) is 25.4 Å². The summed E-state index contributed by atoms with van der Waals surface area (Å²) in [4.78, 5) is 28.4. The maximum Gasteiger partial charge on any atom is 0.262 e. The summed E-state index contributed by atoms with van der Waals surface area (Å²) in [6, 6.07) is 17.8. The van der Waals surface area contributed by atoms with E-state index in [0.29, 0.717) is 24.2 Å². The van der Waals surface area contributed by atoms with Crippen LogP contribution in [0, 0.1) is 12.7 Å². The number of aryl methyl sites for hydroxylation is 2. The molecule has 0 saturated carbocycles. The van der Waals surface area contributed by atoms with E-state index in [2.05, 4.69) is 9.97 Å². The lowest BCUT2D eigenvalue weighted by molar-refractivity contribution is 0.433. The Hall–Kier alpha value is -4.17. The number of hydrogen-bond donors (Lipinski definition) is 1. The third-order valence-electron chi connectivity index (χ3n) is 5.74. The molecule has 0 aliphatic rings. The fourth-order valence-electron chi connectivity index (χ4n) is 3.99. The number of nitrogens with zero attached hydrogens (tertiary/aromatic N) is 4. The second-order valence-electron chi connectivity index (χ2n) is 8.02. The van der Waals surface area contributed by atoms with E-state index in [0.717, 1.165) is 20.9 Å². The van der Waals surface area contributed by atoms with Crippen LogP contribution in [0.5, 0.6) is 5.75 Å². The summed E-state index contributed by atoms with van der Waals surface area (Å²) in [7, 11) is 0. The highest BCUT2D eigenvalue weighted by Gasteiger charge is 2.21. The highest BCUT2D eigenvalue weighted by Crippen LogP contribution is 2.35. The molecule has 0 unspecified atom stereocenters. The number of thiophene rings is 1. The molecule has 1 N–H and O–H groups in total. The lowest BCUT2D eigenvalue weighted by atomic mass is 10.1. The SMILES string of the molecule is Cc1nc(-c2cccc(F)c2O)n(CCc2ccccc2)c(=O)c1-c1ccc(-c2cncnc2)s1. The van der Waals surface area contributed by atoms with Gasteiger partial charge in [-0.05, 0) is 43.2 Å². The number of aromatic hydroxyl groups is 1. The monoisotopic (exact) mass is 484 g/mol. The van der Waals surface area contributed by atoms with E-state index in [4.69, 9.17) is 4.98 Å². The summed E-state index contributed by atoms with van der Waals surface area (Å²) < 4.78 is 15.7. The molecule has 0 aliphatic heterocycles. The van der Waals surface area contributed by atoms with Crippen LogP contribution < -0.4 is 5.56 Å². The predicted molar refractivity (Wildman–Crippen MR) is 135 cm³/mol. The molecule has 0 amide bonds. The highest BCUT2D eigenvalue weighted by atomic mass is 32.1. The zero-order valence-corrected chi connectivity index (χ0v) is 19.7. The minimum Gasteiger partial charge on any atom is -0.504 e. The number of phenols is 1. The molecule has 3 aromatic heterocycles. The molecule has 6 nitrogen and oxygen atoms in total. The van der Waals surface area contributed by atoms with Crippen LogP contribution in [0.3, 0.4) is 0 Å². The first-order chi connectivity index (χ1) is 17.0. The van der Waals surface area contributed by atoms with E-state index < -0.39 is 11.6 Å². The van der Waals surface area contributed by atoms with Crippen molar-refractivity contribution in [3.63, 3.8) is 0 Å². The molecule has 5 aromatic rings. The molecule has 0 spiro atoms. The molecule has 0 fully saturated rings. The van der Waals surface area contributed by atoms with Crippen LogP contribution >= 0.6 is 11.3 Å². The second-order valence-corrected chi connectivity index (χ2v) is 9.10. The van der Waals surface area contributed by atoms with E-state index >= 15 is 0 Å². The number of phenolic OH excluding ortho intramolecular Hbond substituents is 1. The summed E-state index contributed by atoms with van der Waals surface area (Å²) >= 11 is 1.46. The molecular formula is C27H21FN4O2S. The molecule has 2 aromatic carbocycles. The van der Waals surface area contributed by atoms with Crippen LogP contribution in [-0.4, -0.2) is 24.6 Å². The quantitative estimate of drug-likeness (QED) is 0.345. The van der Waals surface area contributed by atoms with Crippen LogP contribution in [0.25, 0.3) is 32.3 Å². The summed E-state index contributed by atoms with van der Waals surface area (Å²) in [5.41, 5.74) is 2.83. The van der Waals surface area contributed by atoms with Crippen molar-refractivity contribution in [2.24, 2.45) is 0 Å². The fourth-order valence-corrected chi connectivity index (χ4v) is 5.06. The Labute approximate surface area is 205 Å². The zero-order chi connectivity index (χ0) is 24.4. The number of halogens is 1. The van der Waals surface area contributed by atoms with Crippen molar-refractivity contribution >= 4 is 11.3 Å². The smallest absolute Gasteiger partial charge is 0.262 e. The molecule has 174 valence electrons. The van der Waals surface area contributed by atoms with Gasteiger partial charge in [-0.15, -0.1) is 11.3 Å². The standard InChI is InChI=1S/C27H21FN4O2S/c1-17-24(23-11-10-22(35-23)19-14-29-16-30-15-19)27(34)32(13-12-18-6-3-2-4-7-18)26(31-17)20-8-5-9-21(28)25(20)33/h2-11,14-16,33H,12-13H2,1H3. The van der Waals surface area contributed by atoms with Gasteiger partial charge in [0, 0.05) is 34.3 Å². The Balaban J connectivity index is 1.65. The normalized spacial score (nSPS) is 11.0. The fraction of sp³-hybridized carbons (Fsp3) is 0.111. The topological polar surface area (TPSA) is 80.9 Å². The lowest BCUT2D eigenvalue weighted by Gasteiger charge is -2.16. The molecule has 0 saturated heterocycles. The third kappa shape index (κ3) is 4.48. The molecule has 0 aliphatic carbocycles. The second kappa shape index (κ2) is 9.60. The van der Waals surface area contributed by atoms with Crippen molar-refractivity contribution in [2.45, 2.75) is 19.9 Å². The lowest BCUT2D eigenvalue weighted by Crippen LogP contribution is -2.27. The molecule has 5 rings (SSSR count). The predicted octanol–water partition coefficient (Wildman–Crippen LogP) is 5.49. The van der Waals surface area contributed by atoms with Gasteiger partial charge in [-0.2, -0.15) is 0 Å². The van der Waals surface area contributed by atoms with Crippen molar-refractivity contribution in [2.75, 3.05) is 0 Å². The summed E-state index contributed by atoms with van der Waals surface area (Å²) in [6.07, 6.45) is 5.49. The first-order valence-corrected chi connectivity index (χ1v) is 11.8. The van der Waals surface area contributed by atoms with Gasteiger partial charge in [0.05, 0.1) is 16.8 Å². The Morgan fingerprint density at radius 3 is 2.49 bits per heavy atom. The average Bonchev–Trinajstić information content (AvgIpc) is 3.36. The van der Waals surface area contributed by atoms with E-state index in [-0.39, 0.29) is 16.9 Å². The largest absolute Gasteiger partial charge is 0.504 e. The summed E-state index contributed by atoms with van der Waals surface area (Å²) in [6.45, 7) is 2.07. The van der Waals surface area contributed by atoms with Gasteiger partial charge in [-0.1, -0.05) is 36.4 Å². The first kappa shape index (κ1) is 22.6. The Bertz CT molecular complexity index is 1550. The van der Waals surface area contributed by atoms with Gasteiger partial charge < -0.3 is 5.11 Å². The van der Waals surface area contributed by atoms with Gasteiger partial charge in [-0.3, -0.25) is 9.36 Å². The van der Waals surface area contributed by atoms with Crippen molar-refractivity contribution in [1.29, 1.82) is 0 Å². The number of hydrogen-bond acceptors (Lipinski definition) is 6. The summed E-state index contributed by atoms with van der Waals surface area (Å²) in [5.74, 6) is -1.05. The maximum atomic E-state index is 14.2. The molecule has 8 heteroatoms. The van der Waals surface area contributed by atoms with Gasteiger partial charge in [0.25, 0.3) is 5.56 Å². The highest BCUT2D eigenvalue weighted by molar-refractivity contribution is 7.18. The molecular weight excluding hydrogens is 463 g/mol. The van der Waals surface area contributed by atoms with Crippen LogP contribution in [0.4, 0.5) is 4.39 Å². The molecule has 35 heavy (non-hydrogen) atoms. The molecule has 0 bridgehead atoms. The first-order valence-electron chi connectivity index (χ1n) is 11.0. The zero-order valence-electron chi connectivity index (χ0n) is 18.9. The van der Waals surface area contributed by atoms with Crippen LogP contribution in [0.1, 0.15) is 11.3 Å². The number of benzene rings is 2. The average molecular weight is 485 g/mol. The van der Waals surface area contributed by atoms with E-state index in [1.807, 2.05) is 42.5 Å². The number of rotatable bonds is 6. The number of aromatic nitrogens is 4. The van der Waals surface area contributed by atoms with Crippen LogP contribution in [-0.2, 0) is 13.0 Å². The van der Waals surface area contributed by atoms with Gasteiger partial charge in [-0.25, -0.2) is 19.3 Å². The molecule has 0 atom stereocenters. The van der Waals surface area contributed by atoms with E-state index in [9.17, 15) is 14.3 Å².